The van der Waals surface area contributed by atoms with Gasteiger partial charge in [-0.2, -0.15) is 0 Å². The van der Waals surface area contributed by atoms with Crippen molar-refractivity contribution in [3.05, 3.63) is 48.5 Å². The summed E-state index contributed by atoms with van der Waals surface area (Å²) in [4.78, 5) is 0.207. The zero-order chi connectivity index (χ0) is 15.7. The third-order valence-corrected chi connectivity index (χ3v) is 4.52. The average Bonchev–Trinajstić information content (AvgIpc) is 2.36. The molecule has 0 amide bonds. The first-order valence-corrected chi connectivity index (χ1v) is 8.09. The molecule has 0 radical (unpaired) electrons. The van der Waals surface area contributed by atoms with Crippen LogP contribution in [0, 0.1) is 0 Å². The van der Waals surface area contributed by atoms with E-state index in [1.54, 1.807) is 57.2 Å². The van der Waals surface area contributed by atoms with E-state index in [9.17, 15) is 13.5 Å². The Morgan fingerprint density at radius 3 is 2.10 bits per heavy atom. The molecule has 0 bridgehead atoms. The molecule has 0 atom stereocenters. The zero-order valence-corrected chi connectivity index (χ0v) is 13.1. The largest absolute Gasteiger partial charge is 0.508 e. The van der Waals surface area contributed by atoms with Crippen LogP contribution in [0.2, 0.25) is 0 Å². The maximum Gasteiger partial charge on any atom is 0.241 e. The van der Waals surface area contributed by atoms with Crippen LogP contribution in [-0.4, -0.2) is 19.1 Å². The summed E-state index contributed by atoms with van der Waals surface area (Å²) in [5, 5.41) is 9.53. The molecule has 0 saturated heterocycles. The molecule has 2 N–H and O–H groups in total. The fraction of sp³-hybridized carbons (Fsp3) is 0.250. The molecule has 0 aromatic heterocycles. The van der Waals surface area contributed by atoms with Gasteiger partial charge in [0.25, 0.3) is 0 Å². The van der Waals surface area contributed by atoms with E-state index in [2.05, 4.69) is 4.72 Å². The van der Waals surface area contributed by atoms with Crippen LogP contribution in [0.3, 0.4) is 0 Å². The lowest BCUT2D eigenvalue weighted by atomic mass is 10.1. The molecule has 0 unspecified atom stereocenters. The van der Waals surface area contributed by atoms with Gasteiger partial charge >= 0.3 is 0 Å². The van der Waals surface area contributed by atoms with Crippen LogP contribution < -0.4 is 4.72 Å². The Labute approximate surface area is 125 Å². The number of hydrogen-bond donors (Lipinski definition) is 2. The van der Waals surface area contributed by atoms with Gasteiger partial charge in [0.1, 0.15) is 5.75 Å². The highest BCUT2D eigenvalue weighted by molar-refractivity contribution is 7.89. The second-order valence-corrected chi connectivity index (χ2v) is 7.62. The van der Waals surface area contributed by atoms with Crippen molar-refractivity contribution in [3.63, 3.8) is 0 Å². The van der Waals surface area contributed by atoms with E-state index in [1.807, 2.05) is 12.1 Å². The Morgan fingerprint density at radius 1 is 0.952 bits per heavy atom. The second-order valence-electron chi connectivity index (χ2n) is 5.93. The molecular formula is C16H19NO3S. The van der Waals surface area contributed by atoms with Crippen LogP contribution in [0.25, 0.3) is 11.1 Å². The predicted molar refractivity (Wildman–Crippen MR) is 83.6 cm³/mol. The molecule has 2 aromatic carbocycles. The van der Waals surface area contributed by atoms with E-state index in [4.69, 9.17) is 0 Å². The number of phenols is 1. The van der Waals surface area contributed by atoms with Crippen LogP contribution in [-0.2, 0) is 10.0 Å². The van der Waals surface area contributed by atoms with Gasteiger partial charge in [-0.05, 0) is 56.2 Å². The number of sulfonamides is 1. The Hall–Kier alpha value is -1.85. The minimum Gasteiger partial charge on any atom is -0.508 e. The lowest BCUT2D eigenvalue weighted by molar-refractivity contribution is 0.475. The number of nitrogens with one attached hydrogen (secondary N) is 1. The molecule has 112 valence electrons. The summed E-state index contributed by atoms with van der Waals surface area (Å²) in [5.41, 5.74) is 0.963. The van der Waals surface area contributed by atoms with E-state index < -0.39 is 15.6 Å². The fourth-order valence-electron chi connectivity index (χ4n) is 1.99. The zero-order valence-electron chi connectivity index (χ0n) is 12.3. The molecule has 0 saturated carbocycles. The summed E-state index contributed by atoms with van der Waals surface area (Å²) in [7, 11) is -3.57. The first kappa shape index (κ1) is 15.5. The predicted octanol–water partition coefficient (Wildman–Crippen LogP) is 3.14. The quantitative estimate of drug-likeness (QED) is 0.915. The van der Waals surface area contributed by atoms with E-state index in [-0.39, 0.29) is 10.6 Å². The number of rotatable bonds is 3. The topological polar surface area (TPSA) is 66.4 Å². The summed E-state index contributed by atoms with van der Waals surface area (Å²) >= 11 is 0. The first-order chi connectivity index (χ1) is 9.67. The minimum atomic E-state index is -3.57. The first-order valence-electron chi connectivity index (χ1n) is 6.61. The minimum absolute atomic E-state index is 0.147. The summed E-state index contributed by atoms with van der Waals surface area (Å²) < 4.78 is 27.3. The normalized spacial score (nSPS) is 12.3. The van der Waals surface area contributed by atoms with Gasteiger partial charge in [0.15, 0.2) is 0 Å². The Kier molecular flexibility index (Phi) is 4.07. The number of benzene rings is 2. The van der Waals surface area contributed by atoms with Crippen molar-refractivity contribution in [3.8, 4) is 16.9 Å². The van der Waals surface area contributed by atoms with Crippen molar-refractivity contribution in [1.29, 1.82) is 0 Å². The van der Waals surface area contributed by atoms with Crippen LogP contribution in [0.15, 0.2) is 53.4 Å². The number of hydrogen-bond acceptors (Lipinski definition) is 3. The van der Waals surface area contributed by atoms with E-state index >= 15 is 0 Å². The molecule has 21 heavy (non-hydrogen) atoms. The van der Waals surface area contributed by atoms with Gasteiger partial charge in [-0.3, -0.25) is 0 Å². The van der Waals surface area contributed by atoms with Crippen LogP contribution in [0.4, 0.5) is 0 Å². The molecule has 5 heteroatoms. The third-order valence-electron chi connectivity index (χ3n) is 2.76. The molecule has 0 aliphatic carbocycles. The van der Waals surface area contributed by atoms with E-state index in [0.717, 1.165) is 11.1 Å². The lowest BCUT2D eigenvalue weighted by Gasteiger charge is -2.20. The summed E-state index contributed by atoms with van der Waals surface area (Å²) in [6.45, 7) is 5.39. The Morgan fingerprint density at radius 2 is 1.52 bits per heavy atom. The van der Waals surface area contributed by atoms with E-state index in [0.29, 0.717) is 0 Å². The number of phenolic OH excluding ortho intramolecular Hbond substituents is 1. The van der Waals surface area contributed by atoms with Crippen molar-refractivity contribution in [2.24, 2.45) is 0 Å². The van der Waals surface area contributed by atoms with Crippen molar-refractivity contribution < 1.29 is 13.5 Å². The molecule has 2 rings (SSSR count). The summed E-state index contributed by atoms with van der Waals surface area (Å²) in [5.74, 6) is 0.147. The third kappa shape index (κ3) is 4.06. The summed E-state index contributed by atoms with van der Waals surface area (Å²) in [6, 6.07) is 13.4. The second kappa shape index (κ2) is 5.50. The SMILES string of the molecule is CC(C)(C)NS(=O)(=O)c1cccc(-c2cccc(O)c2)c1. The Bertz CT molecular complexity index is 746. The standard InChI is InChI=1S/C16H19NO3S/c1-16(2,3)17-21(19,20)15-9-5-7-13(11-15)12-6-4-8-14(18)10-12/h4-11,17-18H,1-3H3. The van der Waals surface area contributed by atoms with Gasteiger partial charge in [0.2, 0.25) is 10.0 Å². The van der Waals surface area contributed by atoms with Crippen molar-refractivity contribution >= 4 is 10.0 Å². The van der Waals surface area contributed by atoms with Gasteiger partial charge in [0, 0.05) is 5.54 Å². The maximum atomic E-state index is 12.3. The van der Waals surface area contributed by atoms with Gasteiger partial charge in [-0.25, -0.2) is 13.1 Å². The van der Waals surface area contributed by atoms with Gasteiger partial charge in [-0.15, -0.1) is 0 Å². The highest BCUT2D eigenvalue weighted by Crippen LogP contribution is 2.25. The Balaban J connectivity index is 2.43. The molecule has 0 fully saturated rings. The summed E-state index contributed by atoms with van der Waals surface area (Å²) in [6.07, 6.45) is 0. The monoisotopic (exact) mass is 305 g/mol. The van der Waals surface area contributed by atoms with Gasteiger partial charge in [0.05, 0.1) is 4.90 Å². The van der Waals surface area contributed by atoms with Gasteiger partial charge < -0.3 is 5.11 Å². The fourth-order valence-corrected chi connectivity index (χ4v) is 3.45. The molecule has 0 heterocycles. The van der Waals surface area contributed by atoms with Gasteiger partial charge in [-0.1, -0.05) is 24.3 Å². The number of aromatic hydroxyl groups is 1. The average molecular weight is 305 g/mol. The molecule has 0 aliphatic heterocycles. The van der Waals surface area contributed by atoms with Crippen LogP contribution in [0.1, 0.15) is 20.8 Å². The molecule has 0 spiro atoms. The molecule has 2 aromatic rings. The molecular weight excluding hydrogens is 286 g/mol. The van der Waals surface area contributed by atoms with Crippen molar-refractivity contribution in [2.75, 3.05) is 0 Å². The van der Waals surface area contributed by atoms with E-state index in [1.165, 1.54) is 0 Å². The lowest BCUT2D eigenvalue weighted by Crippen LogP contribution is -2.40. The van der Waals surface area contributed by atoms with Crippen LogP contribution in [0.5, 0.6) is 5.75 Å². The molecule has 0 aliphatic rings. The highest BCUT2D eigenvalue weighted by atomic mass is 32.2. The maximum absolute atomic E-state index is 12.3. The van der Waals surface area contributed by atoms with Crippen molar-refractivity contribution in [1.82, 2.24) is 4.72 Å². The van der Waals surface area contributed by atoms with Crippen LogP contribution >= 0.6 is 0 Å². The smallest absolute Gasteiger partial charge is 0.241 e. The molecule has 4 nitrogen and oxygen atoms in total. The van der Waals surface area contributed by atoms with Crippen molar-refractivity contribution in [2.45, 2.75) is 31.2 Å². The highest BCUT2D eigenvalue weighted by Gasteiger charge is 2.22.